The first kappa shape index (κ1) is 6.03. The quantitative estimate of drug-likeness (QED) is 0.480. The molecule has 38 valence electrons. The predicted octanol–water partition coefficient (Wildman–Crippen LogP) is 0.340. The van der Waals surface area contributed by atoms with E-state index < -0.39 is 11.9 Å². The van der Waals surface area contributed by atoms with E-state index in [1.807, 2.05) is 0 Å². The summed E-state index contributed by atoms with van der Waals surface area (Å²) in [7, 11) is 0. The fourth-order valence-corrected chi connectivity index (χ4v) is 0.0713. The minimum atomic E-state index is -0.942. The Balaban J connectivity index is 3.63. The van der Waals surface area contributed by atoms with E-state index in [4.69, 9.17) is 11.5 Å². The topological polar surface area (TPSA) is 37.3 Å². The van der Waals surface area contributed by atoms with Crippen LogP contribution in [0.1, 0.15) is 6.92 Å². The number of terminal acetylenes is 1. The Kier molecular flexibility index (Phi) is 1.94. The average Bonchev–Trinajstić information content (AvgIpc) is 1.65. The molecule has 0 unspecified atom stereocenters. The summed E-state index contributed by atoms with van der Waals surface area (Å²) in [6.45, 7) is 1.46. The second-order valence-electron chi connectivity index (χ2n) is 1.23. The van der Waals surface area contributed by atoms with Gasteiger partial charge in [-0.1, -0.05) is 5.92 Å². The van der Waals surface area contributed by atoms with Crippen molar-refractivity contribution in [2.45, 2.75) is 6.92 Å². The summed E-state index contributed by atoms with van der Waals surface area (Å²) in [6.07, 6.45) is 4.74. The van der Waals surface area contributed by atoms with Gasteiger partial charge in [-0.3, -0.25) is 4.79 Å². The monoisotopic (exact) mass is 98.0 g/mol. The Labute approximate surface area is 42.2 Å². The number of carbonyl (C=O) groups is 1. The Morgan fingerprint density at radius 2 is 2.43 bits per heavy atom. The lowest BCUT2D eigenvalue weighted by Gasteiger charge is -1.89. The maximum atomic E-state index is 9.79. The van der Waals surface area contributed by atoms with Gasteiger partial charge in [0.1, 0.15) is 5.92 Å². The van der Waals surface area contributed by atoms with Gasteiger partial charge in [-0.2, -0.15) is 0 Å². The van der Waals surface area contributed by atoms with Crippen LogP contribution in [0.15, 0.2) is 0 Å². The first-order chi connectivity index (χ1) is 3.18. The van der Waals surface area contributed by atoms with Gasteiger partial charge in [0, 0.05) is 0 Å². The van der Waals surface area contributed by atoms with E-state index in [-0.39, 0.29) is 0 Å². The van der Waals surface area contributed by atoms with E-state index in [1.165, 1.54) is 6.92 Å². The van der Waals surface area contributed by atoms with Crippen molar-refractivity contribution in [3.63, 3.8) is 0 Å². The van der Waals surface area contributed by atoms with Crippen LogP contribution >= 0.6 is 0 Å². The normalized spacial score (nSPS) is 12.0. The predicted molar refractivity (Wildman–Crippen MR) is 25.6 cm³/mol. The highest BCUT2D eigenvalue weighted by molar-refractivity contribution is 5.72. The van der Waals surface area contributed by atoms with Crippen molar-refractivity contribution < 1.29 is 9.90 Å². The van der Waals surface area contributed by atoms with Gasteiger partial charge in [-0.25, -0.2) is 0 Å². The lowest BCUT2D eigenvalue weighted by Crippen LogP contribution is -2.05. The Bertz CT molecular complexity index is 110. The fraction of sp³-hybridized carbons (Fsp3) is 0.400. The van der Waals surface area contributed by atoms with E-state index in [0.717, 1.165) is 0 Å². The molecule has 7 heavy (non-hydrogen) atoms. The molecule has 0 rings (SSSR count). The van der Waals surface area contributed by atoms with Crippen molar-refractivity contribution in [3.05, 3.63) is 0 Å². The lowest BCUT2D eigenvalue weighted by atomic mass is 10.2. The zero-order chi connectivity index (χ0) is 5.86. The van der Waals surface area contributed by atoms with Crippen LogP contribution in [-0.4, -0.2) is 11.1 Å². The Morgan fingerprint density at radius 3 is 2.43 bits per heavy atom. The molecular formula is C5H6O2. The molecule has 0 amide bonds. The number of carboxylic acid groups (broad SMARTS) is 1. The zero-order valence-electron chi connectivity index (χ0n) is 4.01. The summed E-state index contributed by atoms with van der Waals surface area (Å²) in [6, 6.07) is 0. The van der Waals surface area contributed by atoms with Crippen molar-refractivity contribution in [3.8, 4) is 12.3 Å². The van der Waals surface area contributed by atoms with E-state index in [2.05, 4.69) is 5.92 Å². The van der Waals surface area contributed by atoms with Crippen LogP contribution in [0.25, 0.3) is 0 Å². The standard InChI is InChI=1S/C5H6O2/c1-3-4(2)5(6)7/h1,4H,2H3,(H,6,7)/t4-/m0/s1. The van der Waals surface area contributed by atoms with E-state index in [9.17, 15) is 4.79 Å². The third kappa shape index (κ3) is 1.83. The summed E-state index contributed by atoms with van der Waals surface area (Å²) >= 11 is 0. The minimum absolute atomic E-state index is 0.653. The molecule has 1 atom stereocenters. The lowest BCUT2D eigenvalue weighted by molar-refractivity contribution is -0.139. The van der Waals surface area contributed by atoms with Crippen molar-refractivity contribution in [2.24, 2.45) is 5.92 Å². The smallest absolute Gasteiger partial charge is 0.318 e. The highest BCUT2D eigenvalue weighted by atomic mass is 16.4. The van der Waals surface area contributed by atoms with Crippen LogP contribution in [0.3, 0.4) is 0 Å². The molecule has 0 aliphatic heterocycles. The second-order valence-corrected chi connectivity index (χ2v) is 1.23. The maximum absolute atomic E-state index is 9.79. The molecule has 0 heterocycles. The van der Waals surface area contributed by atoms with Crippen LogP contribution in [0.5, 0.6) is 0 Å². The van der Waals surface area contributed by atoms with E-state index >= 15 is 0 Å². The summed E-state index contributed by atoms with van der Waals surface area (Å²) in [4.78, 5) is 9.79. The first-order valence-electron chi connectivity index (χ1n) is 1.87. The molecule has 2 heteroatoms. The van der Waals surface area contributed by atoms with Crippen LogP contribution in [0, 0.1) is 18.3 Å². The van der Waals surface area contributed by atoms with Crippen molar-refractivity contribution in [1.29, 1.82) is 0 Å². The third-order valence-electron chi connectivity index (χ3n) is 0.620. The number of carboxylic acids is 1. The number of rotatable bonds is 1. The second kappa shape index (κ2) is 2.25. The summed E-state index contributed by atoms with van der Waals surface area (Å²) < 4.78 is 0. The molecule has 0 aliphatic carbocycles. The van der Waals surface area contributed by atoms with Gasteiger partial charge in [0.05, 0.1) is 0 Å². The molecule has 1 N–H and O–H groups in total. The Hall–Kier alpha value is -0.970. The Morgan fingerprint density at radius 1 is 2.00 bits per heavy atom. The molecule has 0 radical (unpaired) electrons. The number of hydrogen-bond donors (Lipinski definition) is 1. The molecule has 0 saturated heterocycles. The van der Waals surface area contributed by atoms with Crippen LogP contribution in [0.2, 0.25) is 0 Å². The van der Waals surface area contributed by atoms with Crippen LogP contribution < -0.4 is 0 Å². The summed E-state index contributed by atoms with van der Waals surface area (Å²) in [5, 5.41) is 8.04. The fourth-order valence-electron chi connectivity index (χ4n) is 0.0713. The van der Waals surface area contributed by atoms with E-state index in [1.54, 1.807) is 0 Å². The maximum Gasteiger partial charge on any atom is 0.318 e. The molecule has 0 aromatic carbocycles. The van der Waals surface area contributed by atoms with Crippen molar-refractivity contribution in [2.75, 3.05) is 0 Å². The van der Waals surface area contributed by atoms with E-state index in [0.29, 0.717) is 0 Å². The van der Waals surface area contributed by atoms with Gasteiger partial charge in [0.25, 0.3) is 0 Å². The number of aliphatic carboxylic acids is 1. The molecule has 0 bridgehead atoms. The van der Waals surface area contributed by atoms with Crippen LogP contribution in [0.4, 0.5) is 0 Å². The van der Waals surface area contributed by atoms with Crippen LogP contribution in [-0.2, 0) is 4.79 Å². The molecule has 0 saturated carbocycles. The van der Waals surface area contributed by atoms with Gasteiger partial charge in [-0.05, 0) is 6.92 Å². The molecular weight excluding hydrogens is 92.1 g/mol. The van der Waals surface area contributed by atoms with Crippen molar-refractivity contribution in [1.82, 2.24) is 0 Å². The van der Waals surface area contributed by atoms with Gasteiger partial charge in [0.2, 0.25) is 0 Å². The zero-order valence-corrected chi connectivity index (χ0v) is 4.01. The SMILES string of the molecule is C#C[C@H](C)C(=O)O. The summed E-state index contributed by atoms with van der Waals surface area (Å²) in [5.74, 6) is 0.470. The highest BCUT2D eigenvalue weighted by Gasteiger charge is 2.03. The van der Waals surface area contributed by atoms with Gasteiger partial charge in [-0.15, -0.1) is 6.42 Å². The molecule has 2 nitrogen and oxygen atoms in total. The van der Waals surface area contributed by atoms with Crippen molar-refractivity contribution >= 4 is 5.97 Å². The largest absolute Gasteiger partial charge is 0.480 e. The first-order valence-corrected chi connectivity index (χ1v) is 1.87. The molecule has 0 fully saturated rings. The molecule has 0 aromatic heterocycles. The number of hydrogen-bond acceptors (Lipinski definition) is 1. The molecule has 0 aromatic rings. The minimum Gasteiger partial charge on any atom is -0.480 e. The molecule has 0 spiro atoms. The summed E-state index contributed by atoms with van der Waals surface area (Å²) in [5.41, 5.74) is 0. The average molecular weight is 98.1 g/mol. The van der Waals surface area contributed by atoms with Gasteiger partial charge < -0.3 is 5.11 Å². The third-order valence-corrected chi connectivity index (χ3v) is 0.620. The van der Waals surface area contributed by atoms with Gasteiger partial charge in [0.15, 0.2) is 0 Å². The van der Waals surface area contributed by atoms with Gasteiger partial charge >= 0.3 is 5.97 Å². The highest BCUT2D eigenvalue weighted by Crippen LogP contribution is 1.87. The molecule has 0 aliphatic rings.